The number of nitrogens with zero attached hydrogens (tertiary/aromatic N) is 1. The summed E-state index contributed by atoms with van der Waals surface area (Å²) < 4.78 is 22.9. The van der Waals surface area contributed by atoms with E-state index in [0.717, 1.165) is 83.5 Å². The van der Waals surface area contributed by atoms with E-state index in [9.17, 15) is 19.4 Å². The van der Waals surface area contributed by atoms with E-state index in [1.807, 2.05) is 27.2 Å². The van der Waals surface area contributed by atoms with Crippen molar-refractivity contribution in [3.8, 4) is 0 Å². The van der Waals surface area contributed by atoms with E-state index < -0.39 is 26.6 Å². The van der Waals surface area contributed by atoms with Gasteiger partial charge >= 0.3 is 0 Å². The van der Waals surface area contributed by atoms with Crippen molar-refractivity contribution in [3.63, 3.8) is 0 Å². The molecule has 0 aromatic rings. The second kappa shape index (κ2) is 37.3. The molecule has 316 valence electrons. The number of aliphatic hydroxyl groups is 1. The van der Waals surface area contributed by atoms with Crippen molar-refractivity contribution in [3.05, 3.63) is 85.1 Å². The number of hydrogen-bond acceptors (Lipinski definition) is 6. The number of carbonyl (C=O) groups is 1. The summed E-state index contributed by atoms with van der Waals surface area (Å²) in [6, 6.07) is -0.889. The summed E-state index contributed by atoms with van der Waals surface area (Å²) in [5.41, 5.74) is 0. The first-order chi connectivity index (χ1) is 26.5. The molecule has 0 rings (SSSR count). The fourth-order valence-corrected chi connectivity index (χ4v) is 6.16. The minimum atomic E-state index is -4.57. The van der Waals surface area contributed by atoms with Crippen LogP contribution in [0.3, 0.4) is 0 Å². The zero-order valence-electron chi connectivity index (χ0n) is 35.6. The van der Waals surface area contributed by atoms with Crippen LogP contribution in [-0.4, -0.2) is 68.5 Å². The van der Waals surface area contributed by atoms with Crippen LogP contribution in [0.1, 0.15) is 149 Å². The number of phosphoric ester groups is 1. The first-order valence-corrected chi connectivity index (χ1v) is 22.9. The van der Waals surface area contributed by atoms with Crippen molar-refractivity contribution in [2.45, 2.75) is 161 Å². The molecule has 1 amide bonds. The van der Waals surface area contributed by atoms with Gasteiger partial charge in [-0.25, -0.2) is 0 Å². The molecular weight excluding hydrogens is 707 g/mol. The van der Waals surface area contributed by atoms with Gasteiger partial charge in [0, 0.05) is 6.42 Å². The van der Waals surface area contributed by atoms with Crippen molar-refractivity contribution in [2.24, 2.45) is 0 Å². The molecule has 0 saturated heterocycles. The largest absolute Gasteiger partial charge is 0.756 e. The maximum Gasteiger partial charge on any atom is 0.268 e. The van der Waals surface area contributed by atoms with E-state index in [1.54, 1.807) is 6.08 Å². The third-order valence-corrected chi connectivity index (χ3v) is 9.83. The molecule has 9 heteroatoms. The monoisotopic (exact) mass is 789 g/mol. The average molecular weight is 789 g/mol. The number of hydrogen-bond donors (Lipinski definition) is 2. The summed E-state index contributed by atoms with van der Waals surface area (Å²) in [6.07, 6.45) is 51.3. The quantitative estimate of drug-likeness (QED) is 0.0281. The number of quaternary nitrogens is 1. The second-order valence-corrected chi connectivity index (χ2v) is 16.7. The summed E-state index contributed by atoms with van der Waals surface area (Å²) in [4.78, 5) is 25.0. The maximum atomic E-state index is 12.7. The van der Waals surface area contributed by atoms with Gasteiger partial charge in [0.2, 0.25) is 5.91 Å². The lowest BCUT2D eigenvalue weighted by atomic mass is 10.0. The van der Waals surface area contributed by atoms with E-state index in [0.29, 0.717) is 17.4 Å². The van der Waals surface area contributed by atoms with Gasteiger partial charge in [0.05, 0.1) is 39.9 Å². The molecule has 0 radical (unpaired) electrons. The normalized spacial score (nSPS) is 15.3. The van der Waals surface area contributed by atoms with Crippen LogP contribution in [0.25, 0.3) is 0 Å². The molecular formula is C46H81N2O6P. The lowest BCUT2D eigenvalue weighted by Gasteiger charge is -2.29. The van der Waals surface area contributed by atoms with Crippen molar-refractivity contribution in [1.82, 2.24) is 5.32 Å². The number of nitrogens with one attached hydrogen (secondary N) is 1. The summed E-state index contributed by atoms with van der Waals surface area (Å²) in [7, 11) is 1.24. The Hall–Kier alpha value is -2.32. The number of aliphatic hydroxyl groups excluding tert-OH is 1. The summed E-state index contributed by atoms with van der Waals surface area (Å²) in [6.45, 7) is 4.34. The van der Waals surface area contributed by atoms with Crippen molar-refractivity contribution >= 4 is 13.7 Å². The number of carbonyl (C=O) groups excluding carboxylic acids is 1. The van der Waals surface area contributed by atoms with E-state index >= 15 is 0 Å². The van der Waals surface area contributed by atoms with Crippen LogP contribution in [0, 0.1) is 0 Å². The zero-order chi connectivity index (χ0) is 40.7. The lowest BCUT2D eigenvalue weighted by Crippen LogP contribution is -2.45. The third kappa shape index (κ3) is 39.7. The van der Waals surface area contributed by atoms with E-state index in [1.165, 1.54) is 44.9 Å². The Bertz CT molecular complexity index is 1170. The third-order valence-electron chi connectivity index (χ3n) is 8.86. The summed E-state index contributed by atoms with van der Waals surface area (Å²) >= 11 is 0. The lowest BCUT2D eigenvalue weighted by molar-refractivity contribution is -0.870. The van der Waals surface area contributed by atoms with Gasteiger partial charge in [-0.1, -0.05) is 163 Å². The highest BCUT2D eigenvalue weighted by Gasteiger charge is 2.23. The van der Waals surface area contributed by atoms with Crippen LogP contribution < -0.4 is 10.2 Å². The van der Waals surface area contributed by atoms with Gasteiger partial charge in [-0.2, -0.15) is 0 Å². The Morgan fingerprint density at radius 2 is 1.11 bits per heavy atom. The van der Waals surface area contributed by atoms with Crippen LogP contribution in [0.2, 0.25) is 0 Å². The fourth-order valence-electron chi connectivity index (χ4n) is 5.43. The number of phosphoric acid groups is 1. The Morgan fingerprint density at radius 3 is 1.60 bits per heavy atom. The number of rotatable bonds is 37. The molecule has 0 bridgehead atoms. The number of amides is 1. The SMILES string of the molecule is CC/C=C\C/C=C\C/C=C\C/C=C\C/C=C\C/C=C\CCCCCCCCCCCCC(=O)NC(COP(=O)([O-])OCC[N+](C)(C)C)C(O)/C=C/CCCC. The average Bonchev–Trinajstić information content (AvgIpc) is 3.13. The number of likely N-dealkylation sites (N-methyl/N-ethyl adjacent to an activating group) is 1. The summed E-state index contributed by atoms with van der Waals surface area (Å²) in [5.74, 6) is -0.217. The van der Waals surface area contributed by atoms with Crippen LogP contribution in [-0.2, 0) is 18.4 Å². The molecule has 0 fully saturated rings. The van der Waals surface area contributed by atoms with Crippen LogP contribution >= 0.6 is 7.82 Å². The molecule has 55 heavy (non-hydrogen) atoms. The van der Waals surface area contributed by atoms with E-state index in [2.05, 4.69) is 92.1 Å². The maximum absolute atomic E-state index is 12.7. The molecule has 0 aliphatic heterocycles. The molecule has 0 aromatic carbocycles. The Balaban J connectivity index is 4.00. The topological polar surface area (TPSA) is 108 Å². The molecule has 0 heterocycles. The molecule has 2 N–H and O–H groups in total. The Kier molecular flexibility index (Phi) is 35.7. The number of allylic oxidation sites excluding steroid dienone is 13. The molecule has 8 nitrogen and oxygen atoms in total. The first-order valence-electron chi connectivity index (χ1n) is 21.4. The Morgan fingerprint density at radius 1 is 0.655 bits per heavy atom. The minimum Gasteiger partial charge on any atom is -0.756 e. The van der Waals surface area contributed by atoms with Crippen LogP contribution in [0.5, 0.6) is 0 Å². The molecule has 0 saturated carbocycles. The highest BCUT2D eigenvalue weighted by molar-refractivity contribution is 7.45. The molecule has 3 unspecified atom stereocenters. The van der Waals surface area contributed by atoms with Gasteiger partial charge in [0.25, 0.3) is 7.82 Å². The highest BCUT2D eigenvalue weighted by Crippen LogP contribution is 2.38. The van der Waals surface area contributed by atoms with Crippen molar-refractivity contribution in [1.29, 1.82) is 0 Å². The van der Waals surface area contributed by atoms with Gasteiger partial charge in [-0.15, -0.1) is 0 Å². The molecule has 0 aliphatic carbocycles. The predicted octanol–water partition coefficient (Wildman–Crippen LogP) is 11.2. The molecule has 0 aromatic heterocycles. The standard InChI is InChI=1S/C46H81N2O6P/c1-6-8-10-12-13-14-15-16-17-18-19-20-21-22-23-24-25-26-27-28-29-30-31-32-33-34-35-36-38-40-46(50)47-44(45(49)39-37-11-9-7-2)43-54-55(51,52)53-42-41-48(3,4)5/h8,10,13-14,16-17,19-20,22-23,25-26,37,39,44-45,49H,6-7,9,11-12,15,18,21,24,27-36,38,40-43H2,1-5H3,(H-,47,50,51,52)/b10-8-,14-13-,17-16-,20-19-,23-22-,26-25-,39-37+. The van der Waals surface area contributed by atoms with Gasteiger partial charge in [-0.3, -0.25) is 9.36 Å². The number of unbranched alkanes of at least 4 members (excludes halogenated alkanes) is 12. The minimum absolute atomic E-state index is 0.00743. The van der Waals surface area contributed by atoms with Crippen LogP contribution in [0.4, 0.5) is 0 Å². The predicted molar refractivity (Wildman–Crippen MR) is 233 cm³/mol. The van der Waals surface area contributed by atoms with Gasteiger partial charge in [-0.05, 0) is 64.2 Å². The molecule has 0 spiro atoms. The van der Waals surface area contributed by atoms with Crippen molar-refractivity contribution in [2.75, 3.05) is 40.9 Å². The van der Waals surface area contributed by atoms with E-state index in [-0.39, 0.29) is 12.5 Å². The smallest absolute Gasteiger partial charge is 0.268 e. The Labute approximate surface area is 337 Å². The van der Waals surface area contributed by atoms with Gasteiger partial charge < -0.3 is 28.8 Å². The van der Waals surface area contributed by atoms with Gasteiger partial charge in [0.1, 0.15) is 13.2 Å². The molecule has 0 aliphatic rings. The van der Waals surface area contributed by atoms with E-state index in [4.69, 9.17) is 9.05 Å². The zero-order valence-corrected chi connectivity index (χ0v) is 36.5. The highest BCUT2D eigenvalue weighted by atomic mass is 31.2. The fraction of sp³-hybridized carbons (Fsp3) is 0.674. The van der Waals surface area contributed by atoms with Crippen molar-refractivity contribution < 1.29 is 32.9 Å². The molecule has 3 atom stereocenters. The van der Waals surface area contributed by atoms with Crippen LogP contribution in [0.15, 0.2) is 85.1 Å². The summed E-state index contributed by atoms with van der Waals surface area (Å²) in [5, 5.41) is 13.5. The first kappa shape index (κ1) is 52.7. The second-order valence-electron chi connectivity index (χ2n) is 15.3. The van der Waals surface area contributed by atoms with Gasteiger partial charge in [0.15, 0.2) is 0 Å².